The van der Waals surface area contributed by atoms with Crippen LogP contribution in [0.25, 0.3) is 0 Å². The Bertz CT molecular complexity index is 1220. The summed E-state index contributed by atoms with van der Waals surface area (Å²) >= 11 is 0. The first-order valence-corrected chi connectivity index (χ1v) is 12.8. The fourth-order valence-electron chi connectivity index (χ4n) is 4.24. The highest BCUT2D eigenvalue weighted by atomic mass is 16.7. The van der Waals surface area contributed by atoms with Gasteiger partial charge in [0.2, 0.25) is 5.91 Å². The second-order valence-electron chi connectivity index (χ2n) is 9.28. The number of amides is 2. The van der Waals surface area contributed by atoms with E-state index in [-0.39, 0.29) is 25.7 Å². The Labute approximate surface area is 227 Å². The minimum atomic E-state index is -0.877. The first kappa shape index (κ1) is 27.7. The topological polar surface area (TPSA) is 103 Å². The van der Waals surface area contributed by atoms with Crippen molar-refractivity contribution >= 4 is 18.2 Å². The predicted octanol–water partition coefficient (Wildman–Crippen LogP) is 5.00. The molecule has 0 aromatic heterocycles. The van der Waals surface area contributed by atoms with E-state index < -0.39 is 36.4 Å². The van der Waals surface area contributed by atoms with Gasteiger partial charge in [0, 0.05) is 0 Å². The van der Waals surface area contributed by atoms with Crippen molar-refractivity contribution in [2.24, 2.45) is 5.92 Å². The number of benzene rings is 3. The molecule has 9 nitrogen and oxygen atoms in total. The lowest BCUT2D eigenvalue weighted by atomic mass is 9.83. The summed E-state index contributed by atoms with van der Waals surface area (Å²) in [5.74, 6) is -1.00. The molecule has 0 saturated carbocycles. The predicted molar refractivity (Wildman–Crippen MR) is 142 cm³/mol. The van der Waals surface area contributed by atoms with Crippen LogP contribution in [0.5, 0.6) is 0 Å². The maximum absolute atomic E-state index is 13.1. The molecule has 0 aliphatic carbocycles. The molecule has 1 aliphatic rings. The minimum Gasteiger partial charge on any atom is -0.443 e. The van der Waals surface area contributed by atoms with E-state index in [1.165, 1.54) is 0 Å². The van der Waals surface area contributed by atoms with Gasteiger partial charge in [0.1, 0.15) is 25.4 Å². The fraction of sp³-hybridized carbons (Fsp3) is 0.300. The van der Waals surface area contributed by atoms with Gasteiger partial charge in [-0.15, -0.1) is 0 Å². The van der Waals surface area contributed by atoms with E-state index in [0.29, 0.717) is 0 Å². The van der Waals surface area contributed by atoms with E-state index in [0.717, 1.165) is 21.8 Å². The van der Waals surface area contributed by atoms with Gasteiger partial charge in [0.25, 0.3) is 0 Å². The lowest BCUT2D eigenvalue weighted by Crippen LogP contribution is -2.67. The number of hydrogen-bond acceptors (Lipinski definition) is 7. The van der Waals surface area contributed by atoms with Gasteiger partial charge in [-0.25, -0.2) is 9.59 Å². The van der Waals surface area contributed by atoms with Gasteiger partial charge in [-0.2, -0.15) is 5.06 Å². The van der Waals surface area contributed by atoms with Gasteiger partial charge in [-0.1, -0.05) is 91.0 Å². The molecule has 0 unspecified atom stereocenters. The summed E-state index contributed by atoms with van der Waals surface area (Å²) in [4.78, 5) is 43.5. The minimum absolute atomic E-state index is 0.0565. The smallest absolute Gasteiger partial charge is 0.443 e. The van der Waals surface area contributed by atoms with E-state index in [9.17, 15) is 14.4 Å². The quantitative estimate of drug-likeness (QED) is 0.211. The number of hydroxylamine groups is 2. The molecule has 3 aromatic carbocycles. The van der Waals surface area contributed by atoms with Crippen molar-refractivity contribution in [3.63, 3.8) is 0 Å². The van der Waals surface area contributed by atoms with Gasteiger partial charge < -0.3 is 19.5 Å². The molecule has 39 heavy (non-hydrogen) atoms. The number of carbonyl (C=O) groups excluding carboxylic acids is 3. The summed E-state index contributed by atoms with van der Waals surface area (Å²) in [5.41, 5.74) is 2.57. The van der Waals surface area contributed by atoms with Crippen LogP contribution in [0.15, 0.2) is 91.0 Å². The Kier molecular flexibility index (Phi) is 9.53. The molecule has 0 bridgehead atoms. The van der Waals surface area contributed by atoms with Crippen molar-refractivity contribution in [1.29, 1.82) is 0 Å². The summed E-state index contributed by atoms with van der Waals surface area (Å²) < 4.78 is 16.2. The van der Waals surface area contributed by atoms with Crippen molar-refractivity contribution in [1.82, 2.24) is 10.4 Å². The molecule has 1 aliphatic heterocycles. The summed E-state index contributed by atoms with van der Waals surface area (Å²) in [5, 5.41) is 3.91. The van der Waals surface area contributed by atoms with Crippen molar-refractivity contribution < 1.29 is 33.4 Å². The number of nitrogens with zero attached hydrogens (tertiary/aromatic N) is 1. The van der Waals surface area contributed by atoms with Crippen molar-refractivity contribution in [3.8, 4) is 0 Å². The number of carbonyl (C=O) groups is 3. The molecular weight excluding hydrogens is 500 g/mol. The standard InChI is InChI=1S/C30H32N2O7/c1-21(39-30(35)36-19-24-14-8-4-9-15-24)26-27(31-28(26)33)22(2)38-29(34)32(18-23-12-6-3-7-13-23)37-20-25-16-10-5-11-17-25/h3-17,21-22,26-27H,18-20H2,1-2H3,(H,31,33)/t21-,22+,26-,27-/m1/s1. The van der Waals surface area contributed by atoms with Crippen LogP contribution in [0.1, 0.15) is 30.5 Å². The molecule has 1 saturated heterocycles. The molecule has 2 amide bonds. The van der Waals surface area contributed by atoms with Gasteiger partial charge in [0.15, 0.2) is 0 Å². The Balaban J connectivity index is 1.33. The number of rotatable bonds is 11. The van der Waals surface area contributed by atoms with E-state index in [4.69, 9.17) is 19.0 Å². The van der Waals surface area contributed by atoms with Crippen LogP contribution in [-0.2, 0) is 43.6 Å². The average molecular weight is 533 g/mol. The van der Waals surface area contributed by atoms with Gasteiger partial charge in [-0.3, -0.25) is 9.63 Å². The molecule has 0 radical (unpaired) electrons. The Morgan fingerprint density at radius 2 is 1.31 bits per heavy atom. The lowest BCUT2D eigenvalue weighted by Gasteiger charge is -2.42. The zero-order chi connectivity index (χ0) is 27.6. The second kappa shape index (κ2) is 13.4. The number of hydrogen-bond donors (Lipinski definition) is 1. The maximum atomic E-state index is 13.1. The van der Waals surface area contributed by atoms with Crippen LogP contribution in [0.3, 0.4) is 0 Å². The second-order valence-corrected chi connectivity index (χ2v) is 9.28. The Hall–Kier alpha value is -4.37. The van der Waals surface area contributed by atoms with Crippen LogP contribution in [0, 0.1) is 5.92 Å². The number of nitrogens with one attached hydrogen (secondary N) is 1. The number of β-lactam (4-membered cyclic amide) rings is 1. The third-order valence-corrected chi connectivity index (χ3v) is 6.38. The van der Waals surface area contributed by atoms with Gasteiger partial charge in [0.05, 0.1) is 18.5 Å². The van der Waals surface area contributed by atoms with Gasteiger partial charge >= 0.3 is 12.2 Å². The molecule has 4 atom stereocenters. The third kappa shape index (κ3) is 7.81. The summed E-state index contributed by atoms with van der Waals surface area (Å²) in [6, 6.07) is 27.5. The van der Waals surface area contributed by atoms with Crippen molar-refractivity contribution in [2.45, 2.75) is 51.9 Å². The van der Waals surface area contributed by atoms with Crippen molar-refractivity contribution in [2.75, 3.05) is 0 Å². The molecule has 4 rings (SSSR count). The summed E-state index contributed by atoms with van der Waals surface area (Å²) in [6.45, 7) is 3.69. The van der Waals surface area contributed by atoms with Gasteiger partial charge in [-0.05, 0) is 30.5 Å². The summed E-state index contributed by atoms with van der Waals surface area (Å²) in [6.07, 6.45) is -3.08. The molecule has 9 heteroatoms. The molecular formula is C30H32N2O7. The maximum Gasteiger partial charge on any atom is 0.508 e. The zero-order valence-electron chi connectivity index (χ0n) is 21.9. The lowest BCUT2D eigenvalue weighted by molar-refractivity contribution is -0.165. The highest BCUT2D eigenvalue weighted by Gasteiger charge is 2.49. The summed E-state index contributed by atoms with van der Waals surface area (Å²) in [7, 11) is 0. The highest BCUT2D eigenvalue weighted by molar-refractivity contribution is 5.87. The molecule has 0 spiro atoms. The van der Waals surface area contributed by atoms with Crippen LogP contribution in [0.2, 0.25) is 0 Å². The SMILES string of the molecule is C[C@H](OC(=O)N(Cc1ccccc1)OCc1ccccc1)[C@H]1NC(=O)[C@@H]1[C@@H](C)OC(=O)OCc1ccccc1. The molecule has 204 valence electrons. The first-order valence-electron chi connectivity index (χ1n) is 12.8. The van der Waals surface area contributed by atoms with Crippen LogP contribution >= 0.6 is 0 Å². The Morgan fingerprint density at radius 1 is 0.769 bits per heavy atom. The van der Waals surface area contributed by atoms with Crippen molar-refractivity contribution in [3.05, 3.63) is 108 Å². The molecule has 1 N–H and O–H groups in total. The van der Waals surface area contributed by atoms with E-state index in [1.54, 1.807) is 13.8 Å². The van der Waals surface area contributed by atoms with E-state index >= 15 is 0 Å². The van der Waals surface area contributed by atoms with E-state index in [2.05, 4.69) is 5.32 Å². The third-order valence-electron chi connectivity index (χ3n) is 6.38. The van der Waals surface area contributed by atoms with Crippen LogP contribution in [-0.4, -0.2) is 41.5 Å². The Morgan fingerprint density at radius 3 is 1.87 bits per heavy atom. The fourth-order valence-corrected chi connectivity index (χ4v) is 4.24. The van der Waals surface area contributed by atoms with E-state index in [1.807, 2.05) is 91.0 Å². The molecule has 3 aromatic rings. The number of ether oxygens (including phenoxy) is 3. The van der Waals surface area contributed by atoms with Crippen LogP contribution < -0.4 is 5.32 Å². The largest absolute Gasteiger partial charge is 0.508 e. The normalized spacial score (nSPS) is 17.6. The zero-order valence-corrected chi connectivity index (χ0v) is 21.9. The monoisotopic (exact) mass is 532 g/mol. The molecule has 1 fully saturated rings. The van der Waals surface area contributed by atoms with Crippen LogP contribution in [0.4, 0.5) is 9.59 Å². The highest BCUT2D eigenvalue weighted by Crippen LogP contribution is 2.26. The first-order chi connectivity index (χ1) is 18.9. The molecule has 1 heterocycles. The average Bonchev–Trinajstić information content (AvgIpc) is 2.94.